The zero-order valence-electron chi connectivity index (χ0n) is 11.8. The van der Waals surface area contributed by atoms with E-state index >= 15 is 0 Å². The number of rotatable bonds is 6. The summed E-state index contributed by atoms with van der Waals surface area (Å²) >= 11 is 5.93. The van der Waals surface area contributed by atoms with Crippen LogP contribution in [0.4, 0.5) is 5.69 Å². The van der Waals surface area contributed by atoms with Crippen LogP contribution in [0.1, 0.15) is 16.8 Å². The summed E-state index contributed by atoms with van der Waals surface area (Å²) in [6.45, 7) is 0.258. The van der Waals surface area contributed by atoms with Crippen LogP contribution in [0.3, 0.4) is 0 Å². The number of nitrogens with two attached hydrogens (primary N) is 1. The lowest BCUT2D eigenvalue weighted by atomic mass is 10.1. The second-order valence-electron chi connectivity index (χ2n) is 4.12. The lowest BCUT2D eigenvalue weighted by Crippen LogP contribution is -2.28. The SMILES string of the molecule is CNC(=O)c1cc(NC(=O)CC(CN)OC)ccc1Cl.Cl. The summed E-state index contributed by atoms with van der Waals surface area (Å²) in [6, 6.07) is 4.69. The maximum atomic E-state index is 11.8. The van der Waals surface area contributed by atoms with Crippen LogP contribution in [0.2, 0.25) is 5.02 Å². The summed E-state index contributed by atoms with van der Waals surface area (Å²) < 4.78 is 5.04. The van der Waals surface area contributed by atoms with Crippen LogP contribution < -0.4 is 16.4 Å². The molecule has 0 radical (unpaired) electrons. The minimum Gasteiger partial charge on any atom is -0.380 e. The van der Waals surface area contributed by atoms with Gasteiger partial charge in [0.25, 0.3) is 5.91 Å². The smallest absolute Gasteiger partial charge is 0.252 e. The highest BCUT2D eigenvalue weighted by molar-refractivity contribution is 6.34. The van der Waals surface area contributed by atoms with Gasteiger partial charge in [-0.05, 0) is 18.2 Å². The third-order valence-electron chi connectivity index (χ3n) is 2.73. The van der Waals surface area contributed by atoms with Crippen LogP contribution in [0, 0.1) is 0 Å². The van der Waals surface area contributed by atoms with Crippen LogP contribution in [-0.4, -0.2) is 38.6 Å². The first-order valence-electron chi connectivity index (χ1n) is 6.06. The molecule has 1 aromatic rings. The number of amides is 2. The molecule has 0 heterocycles. The van der Waals surface area contributed by atoms with Gasteiger partial charge in [-0.15, -0.1) is 12.4 Å². The molecule has 1 rings (SSSR count). The summed E-state index contributed by atoms with van der Waals surface area (Å²) in [7, 11) is 3.01. The molecule has 0 saturated carbocycles. The first-order chi connectivity index (χ1) is 9.51. The molecule has 0 fully saturated rings. The molecule has 6 nitrogen and oxygen atoms in total. The van der Waals surface area contributed by atoms with Crippen molar-refractivity contribution in [2.75, 3.05) is 26.0 Å². The van der Waals surface area contributed by atoms with Gasteiger partial charge in [-0.2, -0.15) is 0 Å². The molecule has 21 heavy (non-hydrogen) atoms. The lowest BCUT2D eigenvalue weighted by Gasteiger charge is -2.13. The third-order valence-corrected chi connectivity index (χ3v) is 3.06. The molecule has 0 aromatic heterocycles. The van der Waals surface area contributed by atoms with Gasteiger partial charge >= 0.3 is 0 Å². The fourth-order valence-corrected chi connectivity index (χ4v) is 1.80. The minimum atomic E-state index is -0.333. The van der Waals surface area contributed by atoms with Crippen molar-refractivity contribution in [1.29, 1.82) is 0 Å². The number of nitrogens with one attached hydrogen (secondary N) is 2. The topological polar surface area (TPSA) is 93.5 Å². The number of ether oxygens (including phenoxy) is 1. The highest BCUT2D eigenvalue weighted by Gasteiger charge is 2.14. The van der Waals surface area contributed by atoms with Crippen molar-refractivity contribution in [2.24, 2.45) is 5.73 Å². The lowest BCUT2D eigenvalue weighted by molar-refractivity contribution is -0.118. The molecule has 0 spiro atoms. The van der Waals surface area contributed by atoms with Crippen molar-refractivity contribution >= 4 is 41.5 Å². The zero-order chi connectivity index (χ0) is 15.1. The van der Waals surface area contributed by atoms with Crippen molar-refractivity contribution in [3.63, 3.8) is 0 Å². The molecule has 0 saturated heterocycles. The normalized spacial score (nSPS) is 11.2. The molecule has 2 amide bonds. The Bertz CT molecular complexity index is 494. The summed E-state index contributed by atoms with van der Waals surface area (Å²) in [5.41, 5.74) is 6.24. The number of halogens is 2. The highest BCUT2D eigenvalue weighted by Crippen LogP contribution is 2.20. The van der Waals surface area contributed by atoms with E-state index in [9.17, 15) is 9.59 Å². The fraction of sp³-hybridized carbons (Fsp3) is 0.385. The number of benzene rings is 1. The highest BCUT2D eigenvalue weighted by atomic mass is 35.5. The molecule has 8 heteroatoms. The number of hydrogen-bond donors (Lipinski definition) is 3. The quantitative estimate of drug-likeness (QED) is 0.732. The maximum Gasteiger partial charge on any atom is 0.252 e. The zero-order valence-corrected chi connectivity index (χ0v) is 13.4. The van der Waals surface area contributed by atoms with E-state index in [1.807, 2.05) is 0 Å². The Labute approximate surface area is 134 Å². The van der Waals surface area contributed by atoms with Crippen LogP contribution in [0.5, 0.6) is 0 Å². The Hall–Kier alpha value is -1.34. The molecular formula is C13H19Cl2N3O3. The van der Waals surface area contributed by atoms with E-state index in [4.69, 9.17) is 22.1 Å². The van der Waals surface area contributed by atoms with Crippen molar-refractivity contribution in [1.82, 2.24) is 5.32 Å². The van der Waals surface area contributed by atoms with E-state index in [2.05, 4.69) is 10.6 Å². The van der Waals surface area contributed by atoms with E-state index < -0.39 is 0 Å². The molecule has 1 unspecified atom stereocenters. The van der Waals surface area contributed by atoms with Crippen LogP contribution >= 0.6 is 24.0 Å². The van der Waals surface area contributed by atoms with Gasteiger partial charge in [0, 0.05) is 26.4 Å². The van der Waals surface area contributed by atoms with Gasteiger partial charge in [0.05, 0.1) is 23.1 Å². The molecule has 4 N–H and O–H groups in total. The Morgan fingerprint density at radius 3 is 2.62 bits per heavy atom. The standard InChI is InChI=1S/C13H18ClN3O3.ClH/c1-16-13(19)10-5-8(3-4-11(10)14)17-12(18)6-9(7-15)20-2;/h3-5,9H,6-7,15H2,1-2H3,(H,16,19)(H,17,18);1H. The maximum absolute atomic E-state index is 11.8. The molecular weight excluding hydrogens is 317 g/mol. The second kappa shape index (κ2) is 9.57. The Morgan fingerprint density at radius 1 is 1.43 bits per heavy atom. The van der Waals surface area contributed by atoms with E-state index in [0.29, 0.717) is 16.3 Å². The predicted octanol–water partition coefficient (Wildman–Crippen LogP) is 1.42. The molecule has 1 aromatic carbocycles. The minimum absolute atomic E-state index is 0. The number of anilines is 1. The van der Waals surface area contributed by atoms with Crippen molar-refractivity contribution in [2.45, 2.75) is 12.5 Å². The van der Waals surface area contributed by atoms with Crippen LogP contribution in [0.15, 0.2) is 18.2 Å². The van der Waals surface area contributed by atoms with Gasteiger partial charge in [0.1, 0.15) is 0 Å². The Kier molecular flexibility index (Phi) is 8.96. The number of carbonyl (C=O) groups is 2. The summed E-state index contributed by atoms with van der Waals surface area (Å²) in [4.78, 5) is 23.4. The van der Waals surface area contributed by atoms with Crippen molar-refractivity contribution in [3.05, 3.63) is 28.8 Å². The summed E-state index contributed by atoms with van der Waals surface area (Å²) in [5, 5.41) is 5.47. The Morgan fingerprint density at radius 2 is 2.10 bits per heavy atom. The van der Waals surface area contributed by atoms with E-state index in [-0.39, 0.29) is 43.3 Å². The van der Waals surface area contributed by atoms with Crippen LogP contribution in [-0.2, 0) is 9.53 Å². The Balaban J connectivity index is 0.00000400. The molecule has 0 aliphatic carbocycles. The molecule has 1 atom stereocenters. The monoisotopic (exact) mass is 335 g/mol. The number of methoxy groups -OCH3 is 1. The van der Waals surface area contributed by atoms with E-state index in [1.54, 1.807) is 12.1 Å². The first kappa shape index (κ1) is 19.7. The molecule has 0 aliphatic rings. The second-order valence-corrected chi connectivity index (χ2v) is 4.53. The average molecular weight is 336 g/mol. The predicted molar refractivity (Wildman–Crippen MR) is 85.2 cm³/mol. The van der Waals surface area contributed by atoms with Gasteiger partial charge in [-0.1, -0.05) is 11.6 Å². The summed E-state index contributed by atoms with van der Waals surface area (Å²) in [5.74, 6) is -0.560. The van der Waals surface area contributed by atoms with E-state index in [0.717, 1.165) is 0 Å². The van der Waals surface area contributed by atoms with Gasteiger partial charge < -0.3 is 21.1 Å². The van der Waals surface area contributed by atoms with Gasteiger partial charge in [0.15, 0.2) is 0 Å². The van der Waals surface area contributed by atoms with Gasteiger partial charge in [-0.25, -0.2) is 0 Å². The number of hydrogen-bond acceptors (Lipinski definition) is 4. The van der Waals surface area contributed by atoms with E-state index in [1.165, 1.54) is 20.2 Å². The van der Waals surface area contributed by atoms with Gasteiger partial charge in [-0.3, -0.25) is 9.59 Å². The average Bonchev–Trinajstić information content (AvgIpc) is 2.45. The number of carbonyl (C=O) groups excluding carboxylic acids is 2. The van der Waals surface area contributed by atoms with Crippen molar-refractivity contribution in [3.8, 4) is 0 Å². The molecule has 118 valence electrons. The van der Waals surface area contributed by atoms with Gasteiger partial charge in [0.2, 0.25) is 5.91 Å². The fourth-order valence-electron chi connectivity index (χ4n) is 1.59. The van der Waals surface area contributed by atoms with Crippen LogP contribution in [0.25, 0.3) is 0 Å². The first-order valence-corrected chi connectivity index (χ1v) is 6.44. The third kappa shape index (κ3) is 5.89. The van der Waals surface area contributed by atoms with Crippen molar-refractivity contribution < 1.29 is 14.3 Å². The molecule has 0 bridgehead atoms. The largest absolute Gasteiger partial charge is 0.380 e. The summed E-state index contributed by atoms with van der Waals surface area (Å²) in [6.07, 6.45) is -0.189. The molecule has 0 aliphatic heterocycles.